The van der Waals surface area contributed by atoms with Crippen LogP contribution in [0.25, 0.3) is 10.9 Å². The molecule has 30 heavy (non-hydrogen) atoms. The number of carbonyl (C=O) groups excluding carboxylic acids is 1. The number of fused-ring (bicyclic) bond motifs is 1. The molecule has 0 aromatic carbocycles. The van der Waals surface area contributed by atoms with Gasteiger partial charge in [-0.2, -0.15) is 18.3 Å². The van der Waals surface area contributed by atoms with Crippen LogP contribution in [0.1, 0.15) is 57.1 Å². The maximum absolute atomic E-state index is 13.0. The number of nitrogens with zero attached hydrogens (tertiary/aromatic N) is 3. The minimum absolute atomic E-state index is 0.0976. The Morgan fingerprint density at radius 2 is 2.00 bits per heavy atom. The Bertz CT molecular complexity index is 875. The molecule has 1 unspecified atom stereocenters. The van der Waals surface area contributed by atoms with Crippen LogP contribution in [0.4, 0.5) is 19.0 Å². The van der Waals surface area contributed by atoms with Crippen molar-refractivity contribution in [3.05, 3.63) is 18.0 Å². The molecule has 1 saturated heterocycles. The van der Waals surface area contributed by atoms with Gasteiger partial charge in [0.15, 0.2) is 0 Å². The fourth-order valence-electron chi connectivity index (χ4n) is 4.62. The topological polar surface area (TPSA) is 73.9 Å². The summed E-state index contributed by atoms with van der Waals surface area (Å²) in [5, 5.41) is 11.7. The summed E-state index contributed by atoms with van der Waals surface area (Å²) in [5.41, 5.74) is 1.58. The first-order chi connectivity index (χ1) is 14.4. The summed E-state index contributed by atoms with van der Waals surface area (Å²) in [6.45, 7) is 0.160. The first-order valence-corrected chi connectivity index (χ1v) is 10.8. The fourth-order valence-corrected chi connectivity index (χ4v) is 4.62. The standard InChI is InChI=1S/C21H28F3N5O/c22-21(23,24)14-5-4-12-29(13-14)18(30)9-8-16-19-17(28-27-16)10-11-25-20(19)26-15-6-2-1-3-7-15/h10-11,14-15H,1-9,12-13H2,(H,25,26)(H,27,28). The number of carbonyl (C=O) groups is 1. The lowest BCUT2D eigenvalue weighted by Crippen LogP contribution is -2.44. The van der Waals surface area contributed by atoms with Crippen LogP contribution >= 0.6 is 0 Å². The molecule has 9 heteroatoms. The van der Waals surface area contributed by atoms with Crippen LogP contribution in [0.5, 0.6) is 0 Å². The number of amides is 1. The smallest absolute Gasteiger partial charge is 0.367 e. The number of rotatable bonds is 5. The number of hydrogen-bond acceptors (Lipinski definition) is 4. The first-order valence-electron chi connectivity index (χ1n) is 10.8. The molecule has 1 saturated carbocycles. The zero-order valence-corrected chi connectivity index (χ0v) is 17.0. The molecule has 0 radical (unpaired) electrons. The Morgan fingerprint density at radius 1 is 1.20 bits per heavy atom. The highest BCUT2D eigenvalue weighted by molar-refractivity contribution is 5.92. The van der Waals surface area contributed by atoms with E-state index in [0.29, 0.717) is 25.4 Å². The molecule has 1 amide bonds. The molecular weight excluding hydrogens is 395 g/mol. The van der Waals surface area contributed by atoms with Gasteiger partial charge in [0.2, 0.25) is 5.91 Å². The van der Waals surface area contributed by atoms with Gasteiger partial charge < -0.3 is 10.2 Å². The Morgan fingerprint density at radius 3 is 2.77 bits per heavy atom. The first kappa shape index (κ1) is 20.9. The minimum Gasteiger partial charge on any atom is -0.367 e. The van der Waals surface area contributed by atoms with E-state index in [0.717, 1.165) is 35.3 Å². The molecule has 2 N–H and O–H groups in total. The van der Waals surface area contributed by atoms with E-state index in [-0.39, 0.29) is 25.3 Å². The van der Waals surface area contributed by atoms with Crippen molar-refractivity contribution < 1.29 is 18.0 Å². The number of nitrogens with one attached hydrogen (secondary N) is 2. The van der Waals surface area contributed by atoms with E-state index in [9.17, 15) is 18.0 Å². The molecule has 6 nitrogen and oxygen atoms in total. The number of piperidine rings is 1. The van der Waals surface area contributed by atoms with Crippen molar-refractivity contribution in [2.24, 2.45) is 5.92 Å². The van der Waals surface area contributed by atoms with Crippen molar-refractivity contribution in [1.82, 2.24) is 20.1 Å². The monoisotopic (exact) mass is 423 g/mol. The lowest BCUT2D eigenvalue weighted by atomic mass is 9.95. The van der Waals surface area contributed by atoms with Crippen LogP contribution in [-0.2, 0) is 11.2 Å². The van der Waals surface area contributed by atoms with Crippen LogP contribution in [0.2, 0.25) is 0 Å². The predicted molar refractivity (Wildman–Crippen MR) is 108 cm³/mol. The largest absolute Gasteiger partial charge is 0.393 e. The van der Waals surface area contributed by atoms with Crippen molar-refractivity contribution in [2.75, 3.05) is 18.4 Å². The molecule has 2 aliphatic rings. The molecule has 2 fully saturated rings. The van der Waals surface area contributed by atoms with E-state index in [1.54, 1.807) is 6.20 Å². The number of H-pyrrole nitrogens is 1. The van der Waals surface area contributed by atoms with E-state index < -0.39 is 12.1 Å². The zero-order chi connectivity index (χ0) is 21.1. The van der Waals surface area contributed by atoms with E-state index in [1.807, 2.05) is 6.07 Å². The second-order valence-corrected chi connectivity index (χ2v) is 8.46. The summed E-state index contributed by atoms with van der Waals surface area (Å²) < 4.78 is 39.1. The highest BCUT2D eigenvalue weighted by atomic mass is 19.4. The van der Waals surface area contributed by atoms with Crippen LogP contribution < -0.4 is 5.32 Å². The van der Waals surface area contributed by atoms with Crippen LogP contribution in [0.3, 0.4) is 0 Å². The average Bonchev–Trinajstić information content (AvgIpc) is 3.16. The van der Waals surface area contributed by atoms with E-state index in [2.05, 4.69) is 20.5 Å². The summed E-state index contributed by atoms with van der Waals surface area (Å²) in [5.74, 6) is -0.887. The maximum Gasteiger partial charge on any atom is 0.393 e. The van der Waals surface area contributed by atoms with Gasteiger partial charge in [-0.25, -0.2) is 4.98 Å². The number of aromatic amines is 1. The molecule has 1 aliphatic carbocycles. The molecule has 0 bridgehead atoms. The van der Waals surface area contributed by atoms with E-state index in [1.165, 1.54) is 24.2 Å². The van der Waals surface area contributed by atoms with Crippen molar-refractivity contribution in [2.45, 2.75) is 70.0 Å². The Balaban J connectivity index is 1.43. The third-order valence-electron chi connectivity index (χ3n) is 6.31. The second kappa shape index (κ2) is 8.81. The van der Waals surface area contributed by atoms with Crippen LogP contribution in [0.15, 0.2) is 12.3 Å². The zero-order valence-electron chi connectivity index (χ0n) is 17.0. The Labute approximate surface area is 173 Å². The maximum atomic E-state index is 13.0. The molecule has 3 heterocycles. The molecular formula is C21H28F3N5O. The van der Waals surface area contributed by atoms with Gasteiger partial charge >= 0.3 is 6.18 Å². The quantitative estimate of drug-likeness (QED) is 0.746. The SMILES string of the molecule is O=C(CCc1[nH]nc2ccnc(NC3CCCCC3)c12)N1CCCC(C(F)(F)F)C1. The summed E-state index contributed by atoms with van der Waals surface area (Å²) >= 11 is 0. The number of likely N-dealkylation sites (tertiary alicyclic amines) is 1. The molecule has 1 aliphatic heterocycles. The molecule has 2 aromatic rings. The van der Waals surface area contributed by atoms with Gasteiger partial charge in [0.25, 0.3) is 0 Å². The van der Waals surface area contributed by atoms with Gasteiger partial charge in [-0.1, -0.05) is 19.3 Å². The summed E-state index contributed by atoms with van der Waals surface area (Å²) in [6, 6.07) is 2.20. The Hall–Kier alpha value is -2.32. The normalized spacial score (nSPS) is 21.2. The molecule has 0 spiro atoms. The number of hydrogen-bond donors (Lipinski definition) is 2. The number of aryl methyl sites for hydroxylation is 1. The van der Waals surface area contributed by atoms with Gasteiger partial charge in [-0.3, -0.25) is 9.89 Å². The molecule has 164 valence electrons. The lowest BCUT2D eigenvalue weighted by Gasteiger charge is -2.33. The molecule has 4 rings (SSSR count). The van der Waals surface area contributed by atoms with Gasteiger partial charge in [0.1, 0.15) is 5.82 Å². The number of halogens is 3. The van der Waals surface area contributed by atoms with Gasteiger partial charge in [-0.15, -0.1) is 0 Å². The number of anilines is 1. The van der Waals surface area contributed by atoms with Crippen LogP contribution in [-0.4, -0.2) is 51.3 Å². The van der Waals surface area contributed by atoms with Gasteiger partial charge in [0, 0.05) is 37.4 Å². The van der Waals surface area contributed by atoms with E-state index >= 15 is 0 Å². The average molecular weight is 423 g/mol. The van der Waals surface area contributed by atoms with Crippen molar-refractivity contribution in [3.63, 3.8) is 0 Å². The Kier molecular flexibility index (Phi) is 6.15. The number of alkyl halides is 3. The van der Waals surface area contributed by atoms with Crippen molar-refractivity contribution >= 4 is 22.6 Å². The van der Waals surface area contributed by atoms with Crippen molar-refractivity contribution in [1.29, 1.82) is 0 Å². The number of pyridine rings is 1. The summed E-state index contributed by atoms with van der Waals surface area (Å²) in [4.78, 5) is 18.5. The molecule has 1 atom stereocenters. The minimum atomic E-state index is -4.25. The van der Waals surface area contributed by atoms with E-state index in [4.69, 9.17) is 0 Å². The molecule has 2 aromatic heterocycles. The van der Waals surface area contributed by atoms with Gasteiger partial charge in [0.05, 0.1) is 16.8 Å². The predicted octanol–water partition coefficient (Wildman–Crippen LogP) is 4.44. The summed E-state index contributed by atoms with van der Waals surface area (Å²) in [7, 11) is 0. The summed E-state index contributed by atoms with van der Waals surface area (Å²) in [6.07, 6.45) is 4.40. The highest BCUT2D eigenvalue weighted by Crippen LogP contribution is 2.33. The lowest BCUT2D eigenvalue weighted by molar-refractivity contribution is -0.188. The second-order valence-electron chi connectivity index (χ2n) is 8.46. The van der Waals surface area contributed by atoms with Crippen molar-refractivity contribution in [3.8, 4) is 0 Å². The third kappa shape index (κ3) is 4.70. The third-order valence-corrected chi connectivity index (χ3v) is 6.31. The van der Waals surface area contributed by atoms with Crippen LogP contribution in [0, 0.1) is 5.92 Å². The van der Waals surface area contributed by atoms with Gasteiger partial charge in [-0.05, 0) is 38.2 Å². The highest BCUT2D eigenvalue weighted by Gasteiger charge is 2.42. The number of aromatic nitrogens is 3. The fraction of sp³-hybridized carbons (Fsp3) is 0.667.